The van der Waals surface area contributed by atoms with Crippen molar-refractivity contribution in [3.05, 3.63) is 18.2 Å². The quantitative estimate of drug-likeness (QED) is 0.740. The lowest BCUT2D eigenvalue weighted by Crippen LogP contribution is -2.26. The summed E-state index contributed by atoms with van der Waals surface area (Å²) in [6, 6.07) is 0.451. The first kappa shape index (κ1) is 9.68. The van der Waals surface area contributed by atoms with Crippen molar-refractivity contribution in [2.75, 3.05) is 20.1 Å². The summed E-state index contributed by atoms with van der Waals surface area (Å²) in [7, 11) is 4.20. The van der Waals surface area contributed by atoms with E-state index in [4.69, 9.17) is 5.73 Å². The van der Waals surface area contributed by atoms with E-state index in [1.165, 1.54) is 12.1 Å². The standard InChI is InChI=1S/C10H18N4/c1-13-4-3-8(5-11)10(13)9-6-12-7-14(9)2/h6-8,10H,3-5,11H2,1-2H3. The van der Waals surface area contributed by atoms with Gasteiger partial charge in [-0.2, -0.15) is 0 Å². The molecule has 0 aromatic carbocycles. The van der Waals surface area contributed by atoms with Crippen molar-refractivity contribution in [3.8, 4) is 0 Å². The van der Waals surface area contributed by atoms with Crippen molar-refractivity contribution in [2.24, 2.45) is 18.7 Å². The molecule has 1 fully saturated rings. The largest absolute Gasteiger partial charge is 0.336 e. The third-order valence-electron chi connectivity index (χ3n) is 3.23. The number of nitrogens with zero attached hydrogens (tertiary/aromatic N) is 3. The topological polar surface area (TPSA) is 47.1 Å². The summed E-state index contributed by atoms with van der Waals surface area (Å²) in [6.07, 6.45) is 5.01. The molecule has 78 valence electrons. The average molecular weight is 194 g/mol. The summed E-state index contributed by atoms with van der Waals surface area (Å²) in [5.74, 6) is 0.579. The van der Waals surface area contributed by atoms with Gasteiger partial charge in [0.1, 0.15) is 0 Å². The van der Waals surface area contributed by atoms with Crippen LogP contribution in [0.25, 0.3) is 0 Å². The van der Waals surface area contributed by atoms with Gasteiger partial charge in [0.05, 0.1) is 18.1 Å². The highest BCUT2D eigenvalue weighted by Gasteiger charge is 2.33. The molecule has 0 radical (unpaired) electrons. The van der Waals surface area contributed by atoms with Gasteiger partial charge in [-0.15, -0.1) is 0 Å². The van der Waals surface area contributed by atoms with Crippen LogP contribution in [0.3, 0.4) is 0 Å². The minimum Gasteiger partial charge on any atom is -0.336 e. The predicted octanol–water partition coefficient (Wildman–Crippen LogP) is 0.372. The molecule has 2 unspecified atom stereocenters. The van der Waals surface area contributed by atoms with Gasteiger partial charge in [-0.3, -0.25) is 4.90 Å². The van der Waals surface area contributed by atoms with E-state index in [1.807, 2.05) is 19.6 Å². The van der Waals surface area contributed by atoms with E-state index in [0.29, 0.717) is 12.0 Å². The van der Waals surface area contributed by atoms with Gasteiger partial charge >= 0.3 is 0 Å². The maximum Gasteiger partial charge on any atom is 0.0946 e. The van der Waals surface area contributed by atoms with Crippen LogP contribution in [0.15, 0.2) is 12.5 Å². The first-order valence-corrected chi connectivity index (χ1v) is 5.10. The van der Waals surface area contributed by atoms with Gasteiger partial charge in [0.15, 0.2) is 0 Å². The first-order chi connectivity index (χ1) is 6.74. The number of rotatable bonds is 2. The Kier molecular flexibility index (Phi) is 2.56. The van der Waals surface area contributed by atoms with Gasteiger partial charge in [0.25, 0.3) is 0 Å². The van der Waals surface area contributed by atoms with Crippen LogP contribution in [0.4, 0.5) is 0 Å². The molecule has 0 bridgehead atoms. The Balaban J connectivity index is 2.27. The predicted molar refractivity (Wildman–Crippen MR) is 55.7 cm³/mol. The first-order valence-electron chi connectivity index (χ1n) is 5.10. The van der Waals surface area contributed by atoms with Gasteiger partial charge in [-0.1, -0.05) is 0 Å². The zero-order chi connectivity index (χ0) is 10.1. The molecule has 1 aliphatic rings. The summed E-state index contributed by atoms with van der Waals surface area (Å²) in [5.41, 5.74) is 7.06. The lowest BCUT2D eigenvalue weighted by molar-refractivity contribution is 0.269. The second kappa shape index (κ2) is 3.71. The van der Waals surface area contributed by atoms with Gasteiger partial charge in [0, 0.05) is 13.2 Å². The van der Waals surface area contributed by atoms with E-state index < -0.39 is 0 Å². The van der Waals surface area contributed by atoms with E-state index in [2.05, 4.69) is 21.5 Å². The second-order valence-electron chi connectivity index (χ2n) is 4.14. The highest BCUT2D eigenvalue weighted by atomic mass is 15.2. The molecule has 2 rings (SSSR count). The smallest absolute Gasteiger partial charge is 0.0946 e. The second-order valence-corrected chi connectivity index (χ2v) is 4.14. The molecule has 2 atom stereocenters. The summed E-state index contributed by atoms with van der Waals surface area (Å²) >= 11 is 0. The van der Waals surface area contributed by atoms with Gasteiger partial charge in [-0.05, 0) is 32.5 Å². The number of nitrogens with two attached hydrogens (primary N) is 1. The monoisotopic (exact) mass is 194 g/mol. The molecule has 1 aromatic rings. The van der Waals surface area contributed by atoms with E-state index in [0.717, 1.165) is 13.1 Å². The summed E-state index contributed by atoms with van der Waals surface area (Å²) in [6.45, 7) is 1.90. The Bertz CT molecular complexity index is 307. The van der Waals surface area contributed by atoms with Crippen LogP contribution in [-0.4, -0.2) is 34.6 Å². The lowest BCUT2D eigenvalue weighted by Gasteiger charge is -2.24. The van der Waals surface area contributed by atoms with Crippen LogP contribution < -0.4 is 5.73 Å². The number of imidazole rings is 1. The Labute approximate surface area is 84.7 Å². The number of aryl methyl sites for hydroxylation is 1. The van der Waals surface area contributed by atoms with Gasteiger partial charge in [-0.25, -0.2) is 4.98 Å². The Morgan fingerprint density at radius 2 is 2.36 bits per heavy atom. The van der Waals surface area contributed by atoms with Gasteiger partial charge in [0.2, 0.25) is 0 Å². The van der Waals surface area contributed by atoms with Gasteiger partial charge < -0.3 is 10.3 Å². The molecule has 0 saturated carbocycles. The van der Waals surface area contributed by atoms with Crippen molar-refractivity contribution >= 4 is 0 Å². The summed E-state index contributed by atoms with van der Waals surface area (Å²) in [4.78, 5) is 6.53. The van der Waals surface area contributed by atoms with Crippen LogP contribution >= 0.6 is 0 Å². The van der Waals surface area contributed by atoms with Crippen LogP contribution in [0.5, 0.6) is 0 Å². The highest BCUT2D eigenvalue weighted by molar-refractivity contribution is 5.09. The van der Waals surface area contributed by atoms with Crippen molar-refractivity contribution in [3.63, 3.8) is 0 Å². The molecule has 1 aromatic heterocycles. The maximum absolute atomic E-state index is 5.79. The van der Waals surface area contributed by atoms with Crippen molar-refractivity contribution in [2.45, 2.75) is 12.5 Å². The summed E-state index contributed by atoms with van der Waals surface area (Å²) in [5, 5.41) is 0. The SMILES string of the molecule is CN1CCC(CN)C1c1cncn1C. The number of hydrogen-bond acceptors (Lipinski definition) is 3. The van der Waals surface area contributed by atoms with Crippen LogP contribution in [0, 0.1) is 5.92 Å². The molecule has 1 saturated heterocycles. The zero-order valence-electron chi connectivity index (χ0n) is 8.85. The zero-order valence-corrected chi connectivity index (χ0v) is 8.85. The number of hydrogen-bond donors (Lipinski definition) is 1. The molecule has 14 heavy (non-hydrogen) atoms. The van der Waals surface area contributed by atoms with E-state index >= 15 is 0 Å². The highest BCUT2D eigenvalue weighted by Crippen LogP contribution is 2.34. The van der Waals surface area contributed by atoms with Crippen LogP contribution in [0.1, 0.15) is 18.2 Å². The molecule has 4 nitrogen and oxygen atoms in total. The molecule has 0 aliphatic carbocycles. The molecular weight excluding hydrogens is 176 g/mol. The summed E-state index contributed by atoms with van der Waals surface area (Å²) < 4.78 is 2.09. The molecule has 1 aliphatic heterocycles. The molecule has 0 spiro atoms. The van der Waals surface area contributed by atoms with E-state index in [-0.39, 0.29) is 0 Å². The number of likely N-dealkylation sites (tertiary alicyclic amines) is 1. The fourth-order valence-electron chi connectivity index (χ4n) is 2.39. The van der Waals surface area contributed by atoms with Crippen molar-refractivity contribution in [1.82, 2.24) is 14.5 Å². The van der Waals surface area contributed by atoms with Crippen LogP contribution in [0.2, 0.25) is 0 Å². The van der Waals surface area contributed by atoms with Crippen molar-refractivity contribution < 1.29 is 0 Å². The molecule has 2 N–H and O–H groups in total. The fourth-order valence-corrected chi connectivity index (χ4v) is 2.39. The molecular formula is C10H18N4. The van der Waals surface area contributed by atoms with E-state index in [9.17, 15) is 0 Å². The van der Waals surface area contributed by atoms with Crippen LogP contribution in [-0.2, 0) is 7.05 Å². The lowest BCUT2D eigenvalue weighted by atomic mass is 9.98. The van der Waals surface area contributed by atoms with Crippen molar-refractivity contribution in [1.29, 1.82) is 0 Å². The molecule has 2 heterocycles. The number of aromatic nitrogens is 2. The Morgan fingerprint density at radius 1 is 1.57 bits per heavy atom. The molecule has 4 heteroatoms. The van der Waals surface area contributed by atoms with E-state index in [1.54, 1.807) is 0 Å². The minimum absolute atomic E-state index is 0.451. The third kappa shape index (κ3) is 1.44. The minimum atomic E-state index is 0.451. The fraction of sp³-hybridized carbons (Fsp3) is 0.700. The maximum atomic E-state index is 5.79. The molecule has 0 amide bonds. The average Bonchev–Trinajstić information content (AvgIpc) is 2.72. The Morgan fingerprint density at radius 3 is 2.93 bits per heavy atom. The normalized spacial score (nSPS) is 28.5. The third-order valence-corrected chi connectivity index (χ3v) is 3.23. The Hall–Kier alpha value is -0.870.